The fourth-order valence-electron chi connectivity index (χ4n) is 3.05. The van der Waals surface area contributed by atoms with Crippen LogP contribution in [-0.4, -0.2) is 63.6 Å². The number of hydrogen-bond acceptors (Lipinski definition) is 14. The Balaban J connectivity index is 2.18. The van der Waals surface area contributed by atoms with Gasteiger partial charge in [0.25, 0.3) is 0 Å². The van der Waals surface area contributed by atoms with Gasteiger partial charge in [0.1, 0.15) is 19.9 Å². The molecule has 12 nitrogen and oxygen atoms in total. The molecular weight excluding hydrogens is 641 g/mol. The molecule has 0 aliphatic heterocycles. The highest BCUT2D eigenvalue weighted by molar-refractivity contribution is 8.14. The van der Waals surface area contributed by atoms with E-state index in [1.807, 2.05) is 13.8 Å². The number of nitrogens with zero attached hydrogens (tertiary/aromatic N) is 2. The molecule has 0 atom stereocenters. The van der Waals surface area contributed by atoms with Gasteiger partial charge in [-0.25, -0.2) is 0 Å². The van der Waals surface area contributed by atoms with Crippen LogP contribution in [0.25, 0.3) is 0 Å². The van der Waals surface area contributed by atoms with Gasteiger partial charge in [-0.3, -0.25) is 18.2 Å². The third-order valence-corrected chi connectivity index (χ3v) is 9.42. The molecule has 236 valence electrons. The van der Waals surface area contributed by atoms with Gasteiger partial charge in [-0.15, -0.1) is 0 Å². The number of esters is 2. The zero-order chi connectivity index (χ0) is 31.9. The molecule has 0 N–H and O–H groups in total. The second kappa shape index (κ2) is 17.9. The van der Waals surface area contributed by atoms with Crippen molar-refractivity contribution in [3.05, 3.63) is 59.7 Å². The summed E-state index contributed by atoms with van der Waals surface area (Å²) >= 11 is 1.88. The van der Waals surface area contributed by atoms with Crippen molar-refractivity contribution in [2.45, 2.75) is 56.7 Å². The Morgan fingerprint density at radius 2 is 1.00 bits per heavy atom. The predicted octanol–water partition coefficient (Wildman–Crippen LogP) is 4.80. The molecule has 0 amide bonds. The first kappa shape index (κ1) is 36.1. The van der Waals surface area contributed by atoms with Gasteiger partial charge >= 0.3 is 32.2 Å². The highest BCUT2D eigenvalue weighted by Gasteiger charge is 2.19. The van der Waals surface area contributed by atoms with E-state index >= 15 is 0 Å². The topological polar surface area (TPSA) is 164 Å². The Hall–Kier alpha value is -3.08. The van der Waals surface area contributed by atoms with Crippen molar-refractivity contribution in [3.8, 4) is 0 Å². The van der Waals surface area contributed by atoms with Gasteiger partial charge in [-0.1, -0.05) is 69.2 Å². The number of aryl methyl sites for hydroxylation is 2. The van der Waals surface area contributed by atoms with Crippen molar-refractivity contribution in [3.63, 3.8) is 0 Å². The summed E-state index contributed by atoms with van der Waals surface area (Å²) in [6, 6.07) is 12.0. The van der Waals surface area contributed by atoms with Crippen LogP contribution in [0.3, 0.4) is 0 Å². The van der Waals surface area contributed by atoms with Crippen LogP contribution < -0.4 is 0 Å². The smallest absolute Gasteiger partial charge is 0.358 e. The standard InChI is InChI=1S/C27H34N2O10S4/c1-5-36-26(30)18-40-24(28-38-42(32,33)22-14-10-20(3)11-15-22)8-7-9-25(41-19-27(31)37-6-2)29-39-43(34,35)23-16-12-21(4)13-17-23/h10-17H,5-9,18-19H2,1-4H3/b28-24-,29-25+. The maximum absolute atomic E-state index is 12.6. The van der Waals surface area contributed by atoms with Crippen LogP contribution >= 0.6 is 23.5 Å². The van der Waals surface area contributed by atoms with E-state index in [0.29, 0.717) is 0 Å². The average Bonchev–Trinajstić information content (AvgIpc) is 2.96. The van der Waals surface area contributed by atoms with Crippen molar-refractivity contribution in [1.29, 1.82) is 0 Å². The molecule has 0 saturated heterocycles. The van der Waals surface area contributed by atoms with Crippen molar-refractivity contribution in [2.75, 3.05) is 24.7 Å². The van der Waals surface area contributed by atoms with Gasteiger partial charge in [-0.05, 0) is 71.2 Å². The molecule has 2 aromatic rings. The number of thioether (sulfide) groups is 2. The molecule has 0 spiro atoms. The largest absolute Gasteiger partial charge is 0.465 e. The molecule has 2 rings (SSSR count). The van der Waals surface area contributed by atoms with E-state index in [1.54, 1.807) is 38.1 Å². The molecule has 0 radical (unpaired) electrons. The van der Waals surface area contributed by atoms with Crippen molar-refractivity contribution in [2.24, 2.45) is 10.3 Å². The van der Waals surface area contributed by atoms with Gasteiger partial charge in [0.2, 0.25) is 0 Å². The quantitative estimate of drug-likeness (QED) is 0.104. The van der Waals surface area contributed by atoms with Gasteiger partial charge in [0.05, 0.1) is 24.7 Å². The fraction of sp³-hybridized carbons (Fsp3) is 0.407. The maximum Gasteiger partial charge on any atom is 0.358 e. The number of rotatable bonds is 16. The fourth-order valence-corrected chi connectivity index (χ4v) is 6.12. The zero-order valence-electron chi connectivity index (χ0n) is 24.2. The van der Waals surface area contributed by atoms with E-state index in [-0.39, 0.29) is 63.9 Å². The number of ether oxygens (including phenoxy) is 2. The minimum Gasteiger partial charge on any atom is -0.465 e. The Morgan fingerprint density at radius 3 is 1.33 bits per heavy atom. The van der Waals surface area contributed by atoms with Crippen molar-refractivity contribution in [1.82, 2.24) is 0 Å². The SMILES string of the molecule is CCOC(=O)CS/C(CCC/C(=N\OS(=O)(=O)c1ccc(C)cc1)SCC(=O)OCC)=N\OS(=O)(=O)c1ccc(C)cc1. The van der Waals surface area contributed by atoms with Gasteiger partial charge in [0, 0.05) is 0 Å². The van der Waals surface area contributed by atoms with Crippen LogP contribution in [0.15, 0.2) is 68.6 Å². The number of carbonyl (C=O) groups excluding carboxylic acids is 2. The van der Waals surface area contributed by atoms with Crippen LogP contribution in [0.5, 0.6) is 0 Å². The third kappa shape index (κ3) is 13.4. The minimum atomic E-state index is -4.22. The molecule has 43 heavy (non-hydrogen) atoms. The first-order valence-corrected chi connectivity index (χ1v) is 17.9. The Bertz CT molecular complexity index is 1380. The molecule has 0 aliphatic rings. The van der Waals surface area contributed by atoms with E-state index < -0.39 is 32.2 Å². The summed E-state index contributed by atoms with van der Waals surface area (Å²) in [7, 11) is -8.45. The van der Waals surface area contributed by atoms with Crippen LogP contribution in [0.1, 0.15) is 44.2 Å². The summed E-state index contributed by atoms with van der Waals surface area (Å²) in [5.74, 6) is -1.33. The van der Waals surface area contributed by atoms with Crippen LogP contribution in [0.2, 0.25) is 0 Å². The highest BCUT2D eigenvalue weighted by atomic mass is 32.2. The summed E-state index contributed by atoms with van der Waals surface area (Å²) in [5, 5.41) is 7.92. The summed E-state index contributed by atoms with van der Waals surface area (Å²) in [4.78, 5) is 23.6. The van der Waals surface area contributed by atoms with E-state index in [1.165, 1.54) is 24.3 Å². The van der Waals surface area contributed by atoms with Gasteiger partial charge in [-0.2, -0.15) is 16.8 Å². The molecule has 0 saturated carbocycles. The second-order valence-corrected chi connectivity index (χ2v) is 13.8. The van der Waals surface area contributed by atoms with Crippen molar-refractivity contribution < 1.29 is 44.5 Å². The molecular formula is C27H34N2O10S4. The maximum atomic E-state index is 12.6. The Morgan fingerprint density at radius 1 is 0.651 bits per heavy atom. The predicted molar refractivity (Wildman–Crippen MR) is 166 cm³/mol. The molecule has 0 unspecified atom stereocenters. The molecule has 2 aromatic carbocycles. The lowest BCUT2D eigenvalue weighted by Crippen LogP contribution is -2.11. The molecule has 0 fully saturated rings. The number of benzene rings is 2. The van der Waals surface area contributed by atoms with E-state index in [2.05, 4.69) is 10.3 Å². The minimum absolute atomic E-state index is 0.0895. The van der Waals surface area contributed by atoms with Gasteiger partial charge in [0.15, 0.2) is 0 Å². The van der Waals surface area contributed by atoms with Crippen LogP contribution in [-0.2, 0) is 47.9 Å². The normalized spacial score (nSPS) is 12.5. The molecule has 0 aromatic heterocycles. The summed E-state index contributed by atoms with van der Waals surface area (Å²) < 4.78 is 70.1. The molecule has 0 heterocycles. The van der Waals surface area contributed by atoms with Crippen LogP contribution in [0, 0.1) is 13.8 Å². The number of hydrogen-bond donors (Lipinski definition) is 0. The average molecular weight is 675 g/mol. The molecule has 16 heteroatoms. The summed E-state index contributed by atoms with van der Waals surface area (Å²) in [6.07, 6.45) is 0.500. The lowest BCUT2D eigenvalue weighted by Gasteiger charge is -2.09. The van der Waals surface area contributed by atoms with E-state index in [4.69, 9.17) is 18.0 Å². The molecule has 0 aliphatic carbocycles. The van der Waals surface area contributed by atoms with Crippen LogP contribution in [0.4, 0.5) is 0 Å². The Kier molecular flexibility index (Phi) is 15.0. The molecule has 0 bridgehead atoms. The zero-order valence-corrected chi connectivity index (χ0v) is 27.4. The monoisotopic (exact) mass is 674 g/mol. The number of oxime groups is 2. The first-order valence-electron chi connectivity index (χ1n) is 13.1. The lowest BCUT2D eigenvalue weighted by molar-refractivity contribution is -0.140. The second-order valence-electron chi connectivity index (χ2n) is 8.69. The lowest BCUT2D eigenvalue weighted by atomic mass is 10.2. The Labute approximate surface area is 260 Å². The summed E-state index contributed by atoms with van der Waals surface area (Å²) in [5.41, 5.74) is 1.73. The van der Waals surface area contributed by atoms with Crippen molar-refractivity contribution >= 4 is 65.8 Å². The van der Waals surface area contributed by atoms with E-state index in [9.17, 15) is 26.4 Å². The van der Waals surface area contributed by atoms with E-state index in [0.717, 1.165) is 34.7 Å². The first-order chi connectivity index (χ1) is 20.4. The van der Waals surface area contributed by atoms with Gasteiger partial charge < -0.3 is 9.47 Å². The summed E-state index contributed by atoms with van der Waals surface area (Å²) in [6.45, 7) is 7.28. The third-order valence-electron chi connectivity index (χ3n) is 5.20. The number of carbonyl (C=O) groups is 2. The highest BCUT2D eigenvalue weighted by Crippen LogP contribution is 2.21.